The molecule has 1 atom stereocenters. The lowest BCUT2D eigenvalue weighted by Gasteiger charge is -2.19. The molecular formula is C25H26N4O5. The van der Waals surface area contributed by atoms with Crippen LogP contribution in [0.1, 0.15) is 36.8 Å². The Kier molecular flexibility index (Phi) is 6.91. The number of ether oxygens (including phenoxy) is 1. The Labute approximate surface area is 196 Å². The number of amides is 2. The van der Waals surface area contributed by atoms with Gasteiger partial charge in [0.1, 0.15) is 12.6 Å². The Morgan fingerprint density at radius 3 is 2.32 bits per heavy atom. The van der Waals surface area contributed by atoms with Gasteiger partial charge in [-0.1, -0.05) is 48.5 Å². The number of carbonyl (C=O) groups is 3. The first kappa shape index (κ1) is 23.0. The fraction of sp³-hybridized carbons (Fsp3) is 0.280. The fourth-order valence-corrected chi connectivity index (χ4v) is 4.13. The van der Waals surface area contributed by atoms with E-state index in [1.807, 2.05) is 55.5 Å². The van der Waals surface area contributed by atoms with Gasteiger partial charge >= 0.3 is 12.1 Å². The van der Waals surface area contributed by atoms with Gasteiger partial charge in [0.2, 0.25) is 5.91 Å². The average Bonchev–Trinajstić information content (AvgIpc) is 3.42. The quantitative estimate of drug-likeness (QED) is 0.446. The number of hydrogen-bond acceptors (Lipinski definition) is 5. The van der Waals surface area contributed by atoms with Crippen LogP contribution in [0, 0.1) is 0 Å². The molecule has 0 saturated carbocycles. The lowest BCUT2D eigenvalue weighted by atomic mass is 9.98. The number of nitrogens with one attached hydrogen (secondary N) is 2. The second-order valence-corrected chi connectivity index (χ2v) is 8.03. The highest BCUT2D eigenvalue weighted by Gasteiger charge is 2.30. The highest BCUT2D eigenvalue weighted by atomic mass is 16.5. The molecule has 9 heteroatoms. The average molecular weight is 463 g/mol. The Morgan fingerprint density at radius 2 is 1.74 bits per heavy atom. The van der Waals surface area contributed by atoms with Gasteiger partial charge in [0, 0.05) is 25.1 Å². The maximum absolute atomic E-state index is 12.7. The molecular weight excluding hydrogens is 436 g/mol. The highest BCUT2D eigenvalue weighted by Crippen LogP contribution is 2.44. The van der Waals surface area contributed by atoms with Crippen LogP contribution in [0.4, 0.5) is 10.6 Å². The molecule has 1 unspecified atom stereocenters. The van der Waals surface area contributed by atoms with Crippen LogP contribution in [0.3, 0.4) is 0 Å². The van der Waals surface area contributed by atoms with Crippen molar-refractivity contribution in [3.63, 3.8) is 0 Å². The number of alkyl carbamates (subject to hydrolysis) is 1. The molecule has 0 bridgehead atoms. The summed E-state index contributed by atoms with van der Waals surface area (Å²) in [6.07, 6.45) is 2.07. The van der Waals surface area contributed by atoms with E-state index < -0.39 is 24.0 Å². The molecule has 1 heterocycles. The van der Waals surface area contributed by atoms with Crippen LogP contribution in [-0.2, 0) is 20.9 Å². The van der Waals surface area contributed by atoms with E-state index in [4.69, 9.17) is 9.84 Å². The largest absolute Gasteiger partial charge is 0.481 e. The summed E-state index contributed by atoms with van der Waals surface area (Å²) in [6.45, 7) is 2.71. The number of carbonyl (C=O) groups excluding carboxylic acids is 2. The van der Waals surface area contributed by atoms with Gasteiger partial charge in [-0.15, -0.1) is 0 Å². The summed E-state index contributed by atoms with van der Waals surface area (Å²) in [7, 11) is 0. The van der Waals surface area contributed by atoms with Crippen molar-refractivity contribution >= 4 is 23.8 Å². The SMILES string of the molecule is CCn1cnc(NC(=O)C(CCC(=O)O)NC(=O)OCC2c3ccccc3-c3ccccc32)c1. The van der Waals surface area contributed by atoms with Crippen LogP contribution in [0.15, 0.2) is 61.1 Å². The number of carboxylic acid groups (broad SMARTS) is 1. The summed E-state index contributed by atoms with van der Waals surface area (Å²) in [5.74, 6) is -1.43. The van der Waals surface area contributed by atoms with Gasteiger partial charge in [-0.3, -0.25) is 9.59 Å². The van der Waals surface area contributed by atoms with E-state index >= 15 is 0 Å². The molecule has 2 aromatic carbocycles. The summed E-state index contributed by atoms with van der Waals surface area (Å²) in [5.41, 5.74) is 4.36. The number of hydrogen-bond donors (Lipinski definition) is 3. The number of benzene rings is 2. The lowest BCUT2D eigenvalue weighted by molar-refractivity contribution is -0.137. The molecule has 0 fully saturated rings. The summed E-state index contributed by atoms with van der Waals surface area (Å²) in [4.78, 5) is 40.5. The summed E-state index contributed by atoms with van der Waals surface area (Å²) in [5, 5.41) is 14.2. The van der Waals surface area contributed by atoms with Crippen molar-refractivity contribution in [1.82, 2.24) is 14.9 Å². The van der Waals surface area contributed by atoms with Gasteiger partial charge in [-0.25, -0.2) is 9.78 Å². The number of aryl methyl sites for hydroxylation is 1. The fourth-order valence-electron chi connectivity index (χ4n) is 4.13. The number of aliphatic carboxylic acids is 1. The topological polar surface area (TPSA) is 123 Å². The first-order valence-electron chi connectivity index (χ1n) is 11.1. The molecule has 2 amide bonds. The van der Waals surface area contributed by atoms with Crippen molar-refractivity contribution in [3.05, 3.63) is 72.2 Å². The predicted octanol–water partition coefficient (Wildman–Crippen LogP) is 3.61. The van der Waals surface area contributed by atoms with Crippen molar-refractivity contribution in [2.24, 2.45) is 0 Å². The monoisotopic (exact) mass is 462 g/mol. The number of imidazole rings is 1. The third-order valence-electron chi connectivity index (χ3n) is 5.85. The number of carboxylic acids is 1. The van der Waals surface area contributed by atoms with Crippen molar-refractivity contribution in [1.29, 1.82) is 0 Å². The van der Waals surface area contributed by atoms with E-state index in [2.05, 4.69) is 15.6 Å². The highest BCUT2D eigenvalue weighted by molar-refractivity contribution is 5.96. The van der Waals surface area contributed by atoms with E-state index in [0.717, 1.165) is 22.3 Å². The first-order chi connectivity index (χ1) is 16.5. The Morgan fingerprint density at radius 1 is 1.09 bits per heavy atom. The molecule has 0 spiro atoms. The predicted molar refractivity (Wildman–Crippen MR) is 125 cm³/mol. The normalized spacial score (nSPS) is 13.0. The van der Waals surface area contributed by atoms with E-state index in [0.29, 0.717) is 12.4 Å². The van der Waals surface area contributed by atoms with Crippen LogP contribution < -0.4 is 10.6 Å². The molecule has 0 aliphatic heterocycles. The molecule has 34 heavy (non-hydrogen) atoms. The summed E-state index contributed by atoms with van der Waals surface area (Å²) in [6, 6.07) is 14.9. The molecule has 4 rings (SSSR count). The van der Waals surface area contributed by atoms with E-state index in [9.17, 15) is 14.4 Å². The van der Waals surface area contributed by atoms with Crippen LogP contribution in [-0.4, -0.2) is 45.3 Å². The van der Waals surface area contributed by atoms with Gasteiger partial charge in [-0.05, 0) is 35.6 Å². The first-order valence-corrected chi connectivity index (χ1v) is 11.1. The Hall–Kier alpha value is -4.14. The smallest absolute Gasteiger partial charge is 0.407 e. The zero-order valence-corrected chi connectivity index (χ0v) is 18.7. The minimum absolute atomic E-state index is 0.0835. The molecule has 3 aromatic rings. The number of rotatable bonds is 9. The Bertz CT molecular complexity index is 1160. The molecule has 3 N–H and O–H groups in total. The van der Waals surface area contributed by atoms with Crippen molar-refractivity contribution in [3.8, 4) is 11.1 Å². The third kappa shape index (κ3) is 5.09. The maximum Gasteiger partial charge on any atom is 0.407 e. The molecule has 0 radical (unpaired) electrons. The zero-order chi connectivity index (χ0) is 24.1. The number of fused-ring (bicyclic) bond motifs is 3. The van der Waals surface area contributed by atoms with Crippen molar-refractivity contribution in [2.45, 2.75) is 38.3 Å². The maximum atomic E-state index is 12.7. The lowest BCUT2D eigenvalue weighted by Crippen LogP contribution is -2.44. The van der Waals surface area contributed by atoms with Crippen molar-refractivity contribution in [2.75, 3.05) is 11.9 Å². The third-order valence-corrected chi connectivity index (χ3v) is 5.85. The van der Waals surface area contributed by atoms with Gasteiger partial charge in [-0.2, -0.15) is 0 Å². The van der Waals surface area contributed by atoms with E-state index in [-0.39, 0.29) is 25.4 Å². The molecule has 176 valence electrons. The summed E-state index contributed by atoms with van der Waals surface area (Å²) >= 11 is 0. The van der Waals surface area contributed by atoms with Gasteiger partial charge in [0.15, 0.2) is 5.82 Å². The zero-order valence-electron chi connectivity index (χ0n) is 18.7. The molecule has 1 aliphatic rings. The van der Waals surface area contributed by atoms with Gasteiger partial charge < -0.3 is 25.0 Å². The molecule has 1 aromatic heterocycles. The van der Waals surface area contributed by atoms with Gasteiger partial charge in [0.05, 0.1) is 6.33 Å². The van der Waals surface area contributed by atoms with Gasteiger partial charge in [0.25, 0.3) is 0 Å². The van der Waals surface area contributed by atoms with E-state index in [1.54, 1.807) is 17.1 Å². The van der Waals surface area contributed by atoms with Crippen LogP contribution in [0.2, 0.25) is 0 Å². The second kappa shape index (κ2) is 10.2. The summed E-state index contributed by atoms with van der Waals surface area (Å²) < 4.78 is 7.28. The number of aromatic nitrogens is 2. The Balaban J connectivity index is 1.41. The molecule has 1 aliphatic carbocycles. The molecule has 9 nitrogen and oxygen atoms in total. The van der Waals surface area contributed by atoms with Crippen LogP contribution >= 0.6 is 0 Å². The molecule has 0 saturated heterocycles. The van der Waals surface area contributed by atoms with Crippen molar-refractivity contribution < 1.29 is 24.2 Å². The minimum atomic E-state index is -1.08. The standard InChI is InChI=1S/C25H26N4O5/c1-2-29-13-22(26-15-29)28-24(32)21(11-12-23(30)31)27-25(33)34-14-20-18-9-5-3-7-16(18)17-8-4-6-10-19(17)20/h3-10,13,15,20-21H,2,11-12,14H2,1H3,(H,27,33)(H,28,32)(H,30,31). The van der Waals surface area contributed by atoms with Crippen LogP contribution in [0.5, 0.6) is 0 Å². The number of anilines is 1. The van der Waals surface area contributed by atoms with E-state index in [1.165, 1.54) is 0 Å². The van der Waals surface area contributed by atoms with Crippen LogP contribution in [0.25, 0.3) is 11.1 Å². The minimum Gasteiger partial charge on any atom is -0.481 e. The second-order valence-electron chi connectivity index (χ2n) is 8.03. The number of nitrogens with zero attached hydrogens (tertiary/aromatic N) is 2.